The average molecular weight is 350 g/mol. The molecule has 0 saturated carbocycles. The van der Waals surface area contributed by atoms with Crippen LogP contribution in [0.25, 0.3) is 22.8 Å². The van der Waals surface area contributed by atoms with E-state index in [4.69, 9.17) is 0 Å². The van der Waals surface area contributed by atoms with Crippen molar-refractivity contribution < 1.29 is 23.2 Å². The van der Waals surface area contributed by atoms with Crippen molar-refractivity contribution in [2.45, 2.75) is 6.18 Å². The minimum absolute atomic E-state index is 0.00592. The van der Waals surface area contributed by atoms with E-state index in [0.717, 1.165) is 30.3 Å². The van der Waals surface area contributed by atoms with Gasteiger partial charge in [-0.25, -0.2) is 4.98 Å². The average Bonchev–Trinajstić information content (AvgIpc) is 3.04. The monoisotopic (exact) mass is 350 g/mol. The number of halogens is 3. The van der Waals surface area contributed by atoms with Crippen LogP contribution in [0.15, 0.2) is 42.5 Å². The smallest absolute Gasteiger partial charge is 0.416 e. The van der Waals surface area contributed by atoms with Crippen molar-refractivity contribution in [2.24, 2.45) is 0 Å². The van der Waals surface area contributed by atoms with Gasteiger partial charge < -0.3 is 5.11 Å². The van der Waals surface area contributed by atoms with Crippen molar-refractivity contribution in [3.8, 4) is 28.5 Å². The molecular weight excluding hydrogens is 341 g/mol. The topological polar surface area (TPSA) is 105 Å². The van der Waals surface area contributed by atoms with Gasteiger partial charge >= 0.3 is 6.18 Å². The Labute approximate surface area is 137 Å². The van der Waals surface area contributed by atoms with E-state index >= 15 is 0 Å². The molecule has 1 heterocycles. The number of nitrogens with one attached hydrogen (secondary N) is 1. The number of nitro groups is 1. The third kappa shape index (κ3) is 3.27. The van der Waals surface area contributed by atoms with E-state index in [1.54, 1.807) is 0 Å². The summed E-state index contributed by atoms with van der Waals surface area (Å²) in [4.78, 5) is 14.2. The van der Waals surface area contributed by atoms with Crippen LogP contribution in [0.1, 0.15) is 5.56 Å². The first-order valence-electron chi connectivity index (χ1n) is 6.83. The number of hydrogen-bond donors (Lipinski definition) is 2. The van der Waals surface area contributed by atoms with E-state index in [1.165, 1.54) is 12.1 Å². The first kappa shape index (κ1) is 16.4. The van der Waals surface area contributed by atoms with E-state index < -0.39 is 16.7 Å². The maximum atomic E-state index is 12.8. The lowest BCUT2D eigenvalue weighted by molar-refractivity contribution is -0.384. The number of aromatic nitrogens is 3. The maximum Gasteiger partial charge on any atom is 0.416 e. The number of phenols is 1. The maximum absolute atomic E-state index is 12.8. The number of nitrogens with zero attached hydrogens (tertiary/aromatic N) is 3. The highest BCUT2D eigenvalue weighted by molar-refractivity contribution is 5.69. The zero-order valence-electron chi connectivity index (χ0n) is 12.3. The number of alkyl halides is 3. The molecule has 0 aliphatic heterocycles. The quantitative estimate of drug-likeness (QED) is 0.552. The van der Waals surface area contributed by atoms with E-state index in [-0.39, 0.29) is 34.2 Å². The van der Waals surface area contributed by atoms with Gasteiger partial charge in [0, 0.05) is 17.7 Å². The number of H-pyrrole nitrogens is 1. The van der Waals surface area contributed by atoms with Crippen molar-refractivity contribution in [1.82, 2.24) is 15.2 Å². The molecule has 128 valence electrons. The van der Waals surface area contributed by atoms with Crippen LogP contribution >= 0.6 is 0 Å². The molecule has 0 saturated heterocycles. The molecule has 0 radical (unpaired) electrons. The van der Waals surface area contributed by atoms with E-state index in [0.29, 0.717) is 0 Å². The molecule has 1 aromatic heterocycles. The Morgan fingerprint density at radius 1 is 1.16 bits per heavy atom. The summed E-state index contributed by atoms with van der Waals surface area (Å²) >= 11 is 0. The molecule has 0 aliphatic rings. The first-order chi connectivity index (χ1) is 11.8. The standard InChI is InChI=1S/C15H9F3N4O3/c16-15(17,18)9-3-1-2-8(6-9)13-19-14(21-20-13)11-7-10(22(24)25)4-5-12(11)23/h1-7,23H,(H,19,20,21). The van der Waals surface area contributed by atoms with Crippen LogP contribution < -0.4 is 0 Å². The number of nitro benzene ring substituents is 1. The number of phenolic OH excluding ortho intramolecular Hbond substituents is 1. The molecule has 3 aromatic rings. The first-order valence-corrected chi connectivity index (χ1v) is 6.83. The lowest BCUT2D eigenvalue weighted by Gasteiger charge is -2.06. The largest absolute Gasteiger partial charge is 0.507 e. The minimum atomic E-state index is -4.51. The van der Waals surface area contributed by atoms with Gasteiger partial charge in [0.05, 0.1) is 16.1 Å². The number of hydrogen-bond acceptors (Lipinski definition) is 5. The molecule has 0 amide bonds. The molecule has 25 heavy (non-hydrogen) atoms. The fraction of sp³-hybridized carbons (Fsp3) is 0.0667. The van der Waals surface area contributed by atoms with Crippen LogP contribution in [0.5, 0.6) is 5.75 Å². The van der Waals surface area contributed by atoms with Crippen LogP contribution in [-0.4, -0.2) is 25.2 Å². The van der Waals surface area contributed by atoms with E-state index in [2.05, 4.69) is 15.2 Å². The molecule has 2 aromatic carbocycles. The number of aromatic hydroxyl groups is 1. The predicted octanol–water partition coefficient (Wildman–Crippen LogP) is 3.77. The highest BCUT2D eigenvalue weighted by Crippen LogP contribution is 2.33. The molecule has 0 unspecified atom stereocenters. The Hall–Kier alpha value is -3.43. The van der Waals surface area contributed by atoms with Gasteiger partial charge in [-0.1, -0.05) is 12.1 Å². The molecule has 0 spiro atoms. The third-order valence-corrected chi connectivity index (χ3v) is 3.38. The summed E-state index contributed by atoms with van der Waals surface area (Å²) in [6.07, 6.45) is -4.51. The summed E-state index contributed by atoms with van der Waals surface area (Å²) in [5.74, 6) is -0.321. The van der Waals surface area contributed by atoms with Crippen molar-refractivity contribution in [3.63, 3.8) is 0 Å². The van der Waals surface area contributed by atoms with Gasteiger partial charge in [0.15, 0.2) is 11.6 Å². The molecule has 7 nitrogen and oxygen atoms in total. The fourth-order valence-electron chi connectivity index (χ4n) is 2.17. The zero-order chi connectivity index (χ0) is 18.2. The SMILES string of the molecule is O=[N+]([O-])c1ccc(O)c(-c2nc(-c3cccc(C(F)(F)F)c3)n[nH]2)c1. The summed E-state index contributed by atoms with van der Waals surface area (Å²) in [5.41, 5.74) is -0.999. The van der Waals surface area contributed by atoms with Gasteiger partial charge in [-0.15, -0.1) is 0 Å². The van der Waals surface area contributed by atoms with Crippen LogP contribution in [0, 0.1) is 10.1 Å². The summed E-state index contributed by atoms with van der Waals surface area (Å²) in [7, 11) is 0. The normalized spacial score (nSPS) is 11.5. The summed E-state index contributed by atoms with van der Waals surface area (Å²) < 4.78 is 38.3. The predicted molar refractivity (Wildman–Crippen MR) is 80.6 cm³/mol. The Balaban J connectivity index is 2.02. The molecule has 3 rings (SSSR count). The van der Waals surface area contributed by atoms with Gasteiger partial charge in [-0.05, 0) is 18.2 Å². The highest BCUT2D eigenvalue weighted by atomic mass is 19.4. The second kappa shape index (κ2) is 5.89. The fourth-order valence-corrected chi connectivity index (χ4v) is 2.17. The third-order valence-electron chi connectivity index (χ3n) is 3.38. The number of benzene rings is 2. The Bertz CT molecular complexity index is 953. The van der Waals surface area contributed by atoms with Crippen molar-refractivity contribution >= 4 is 5.69 Å². The number of rotatable bonds is 3. The highest BCUT2D eigenvalue weighted by Gasteiger charge is 2.30. The summed E-state index contributed by atoms with van der Waals surface area (Å²) in [6.45, 7) is 0. The van der Waals surface area contributed by atoms with Gasteiger partial charge in [-0.3, -0.25) is 15.2 Å². The molecule has 0 aliphatic carbocycles. The summed E-state index contributed by atoms with van der Waals surface area (Å²) in [5, 5.41) is 26.9. The van der Waals surface area contributed by atoms with Crippen LogP contribution in [-0.2, 0) is 6.18 Å². The van der Waals surface area contributed by atoms with Crippen molar-refractivity contribution in [2.75, 3.05) is 0 Å². The Kier molecular flexibility index (Phi) is 3.87. The second-order valence-corrected chi connectivity index (χ2v) is 5.04. The zero-order valence-corrected chi connectivity index (χ0v) is 12.3. The summed E-state index contributed by atoms with van der Waals surface area (Å²) in [6, 6.07) is 7.76. The molecular formula is C15H9F3N4O3. The van der Waals surface area contributed by atoms with E-state index in [9.17, 15) is 28.4 Å². The van der Waals surface area contributed by atoms with Crippen LogP contribution in [0.2, 0.25) is 0 Å². The lowest BCUT2D eigenvalue weighted by atomic mass is 10.1. The number of non-ortho nitro benzene ring substituents is 1. The minimum Gasteiger partial charge on any atom is -0.507 e. The molecule has 0 atom stereocenters. The van der Waals surface area contributed by atoms with Crippen LogP contribution in [0.4, 0.5) is 18.9 Å². The van der Waals surface area contributed by atoms with Gasteiger partial charge in [0.1, 0.15) is 5.75 Å². The molecule has 0 fully saturated rings. The second-order valence-electron chi connectivity index (χ2n) is 5.04. The van der Waals surface area contributed by atoms with Crippen molar-refractivity contribution in [3.05, 3.63) is 58.1 Å². The molecule has 0 bridgehead atoms. The van der Waals surface area contributed by atoms with Gasteiger partial charge in [0.25, 0.3) is 5.69 Å². The number of aromatic amines is 1. The van der Waals surface area contributed by atoms with Gasteiger partial charge in [-0.2, -0.15) is 18.3 Å². The molecule has 2 N–H and O–H groups in total. The van der Waals surface area contributed by atoms with Gasteiger partial charge in [0.2, 0.25) is 0 Å². The Morgan fingerprint density at radius 3 is 2.60 bits per heavy atom. The Morgan fingerprint density at radius 2 is 1.92 bits per heavy atom. The molecule has 10 heteroatoms. The van der Waals surface area contributed by atoms with Crippen molar-refractivity contribution in [1.29, 1.82) is 0 Å². The van der Waals surface area contributed by atoms with E-state index in [1.807, 2.05) is 0 Å². The van der Waals surface area contributed by atoms with Crippen LogP contribution in [0.3, 0.4) is 0 Å². The lowest BCUT2D eigenvalue weighted by Crippen LogP contribution is -2.04.